The summed E-state index contributed by atoms with van der Waals surface area (Å²) in [5.41, 5.74) is 5.78. The minimum Gasteiger partial charge on any atom is -0.497 e. The number of pyridine rings is 1. The fourth-order valence-corrected chi connectivity index (χ4v) is 6.24. The molecule has 2 aromatic heterocycles. The standard InChI is InChI=1S/C31H30F3N3O3/c1-20-29(27-15-26(39-2)13-14-37(27)35-20)28(38)12-5-21-3-6-22(7-4-21)23-16-30(17-23)18-36(19-30)24-8-10-25(11-9-24)40-31(32,33)34/h3-4,6-11,13-15,23H,5,12,16-19H2,1-2H3. The van der Waals surface area contributed by atoms with Crippen LogP contribution in [0.3, 0.4) is 0 Å². The molecule has 9 heteroatoms. The van der Waals surface area contributed by atoms with E-state index in [1.807, 2.05) is 19.1 Å². The molecule has 2 aliphatic rings. The van der Waals surface area contributed by atoms with Crippen molar-refractivity contribution in [3.63, 3.8) is 0 Å². The van der Waals surface area contributed by atoms with Crippen LogP contribution in [0.2, 0.25) is 0 Å². The lowest BCUT2D eigenvalue weighted by molar-refractivity contribution is -0.274. The molecule has 3 heterocycles. The summed E-state index contributed by atoms with van der Waals surface area (Å²) in [6.07, 6.45) is 0.405. The molecule has 1 aliphatic heterocycles. The number of hydrogen-bond acceptors (Lipinski definition) is 5. The van der Waals surface area contributed by atoms with Crippen LogP contribution in [0.1, 0.15) is 52.4 Å². The van der Waals surface area contributed by atoms with Crippen LogP contribution in [-0.2, 0) is 6.42 Å². The van der Waals surface area contributed by atoms with Gasteiger partial charge in [-0.15, -0.1) is 13.2 Å². The van der Waals surface area contributed by atoms with E-state index in [4.69, 9.17) is 4.74 Å². The fraction of sp³-hybridized carbons (Fsp3) is 0.355. The zero-order valence-electron chi connectivity index (χ0n) is 22.4. The number of aryl methyl sites for hydroxylation is 2. The van der Waals surface area contributed by atoms with Gasteiger partial charge in [0.15, 0.2) is 5.78 Å². The van der Waals surface area contributed by atoms with E-state index in [0.717, 1.165) is 48.4 Å². The Morgan fingerprint density at radius 3 is 2.38 bits per heavy atom. The largest absolute Gasteiger partial charge is 0.573 e. The highest BCUT2D eigenvalue weighted by Gasteiger charge is 2.52. The van der Waals surface area contributed by atoms with Crippen molar-refractivity contribution in [2.24, 2.45) is 5.41 Å². The smallest absolute Gasteiger partial charge is 0.497 e. The first-order chi connectivity index (χ1) is 19.1. The van der Waals surface area contributed by atoms with Crippen molar-refractivity contribution in [3.8, 4) is 11.5 Å². The third-order valence-corrected chi connectivity index (χ3v) is 8.23. The Morgan fingerprint density at radius 1 is 1.02 bits per heavy atom. The van der Waals surface area contributed by atoms with Crippen LogP contribution in [-0.4, -0.2) is 42.0 Å². The van der Waals surface area contributed by atoms with Gasteiger partial charge in [-0.1, -0.05) is 24.3 Å². The first-order valence-electron chi connectivity index (χ1n) is 13.4. The molecule has 208 valence electrons. The average molecular weight is 550 g/mol. The number of rotatable bonds is 8. The number of benzene rings is 2. The third-order valence-electron chi connectivity index (χ3n) is 8.23. The van der Waals surface area contributed by atoms with Crippen LogP contribution in [0.25, 0.3) is 5.52 Å². The molecular weight excluding hydrogens is 519 g/mol. The molecule has 40 heavy (non-hydrogen) atoms. The van der Waals surface area contributed by atoms with Crippen molar-refractivity contribution in [2.75, 3.05) is 25.1 Å². The fourth-order valence-electron chi connectivity index (χ4n) is 6.24. The number of hydrogen-bond donors (Lipinski definition) is 0. The molecule has 6 rings (SSSR count). The first kappa shape index (κ1) is 26.2. The van der Waals surface area contributed by atoms with Crippen LogP contribution < -0.4 is 14.4 Å². The summed E-state index contributed by atoms with van der Waals surface area (Å²) >= 11 is 0. The van der Waals surface area contributed by atoms with E-state index in [-0.39, 0.29) is 16.9 Å². The number of aromatic nitrogens is 2. The molecule has 2 fully saturated rings. The number of alkyl halides is 3. The summed E-state index contributed by atoms with van der Waals surface area (Å²) < 4.78 is 48.1. The van der Waals surface area contributed by atoms with E-state index >= 15 is 0 Å². The van der Waals surface area contributed by atoms with Crippen LogP contribution in [0, 0.1) is 12.3 Å². The van der Waals surface area contributed by atoms with Gasteiger partial charge in [0.1, 0.15) is 11.5 Å². The van der Waals surface area contributed by atoms with Gasteiger partial charge in [0.25, 0.3) is 0 Å². The van der Waals surface area contributed by atoms with E-state index in [1.165, 1.54) is 17.7 Å². The second-order valence-corrected chi connectivity index (χ2v) is 11.0. The van der Waals surface area contributed by atoms with Crippen molar-refractivity contribution >= 4 is 17.0 Å². The monoisotopic (exact) mass is 549 g/mol. The summed E-state index contributed by atoms with van der Waals surface area (Å²) in [6.45, 7) is 3.69. The Kier molecular flexibility index (Phi) is 6.47. The molecule has 1 saturated heterocycles. The maximum absolute atomic E-state index is 13.1. The lowest BCUT2D eigenvalue weighted by atomic mass is 9.56. The molecule has 1 spiro atoms. The highest BCUT2D eigenvalue weighted by atomic mass is 19.4. The van der Waals surface area contributed by atoms with Crippen LogP contribution in [0.4, 0.5) is 18.9 Å². The molecule has 2 aromatic carbocycles. The van der Waals surface area contributed by atoms with E-state index in [0.29, 0.717) is 30.1 Å². The van der Waals surface area contributed by atoms with Crippen molar-refractivity contribution in [1.29, 1.82) is 0 Å². The highest BCUT2D eigenvalue weighted by Crippen LogP contribution is 2.56. The number of carbonyl (C=O) groups excluding carboxylic acids is 1. The highest BCUT2D eigenvalue weighted by molar-refractivity contribution is 6.03. The zero-order chi connectivity index (χ0) is 28.1. The summed E-state index contributed by atoms with van der Waals surface area (Å²) in [7, 11) is 1.60. The van der Waals surface area contributed by atoms with Crippen molar-refractivity contribution in [3.05, 3.63) is 89.2 Å². The number of fused-ring (bicyclic) bond motifs is 1. The molecule has 1 aliphatic carbocycles. The van der Waals surface area contributed by atoms with Gasteiger partial charge in [0.2, 0.25) is 0 Å². The Labute approximate surface area is 230 Å². The lowest BCUT2D eigenvalue weighted by Gasteiger charge is -2.60. The molecule has 6 nitrogen and oxygen atoms in total. The van der Waals surface area contributed by atoms with Gasteiger partial charge >= 0.3 is 6.36 Å². The van der Waals surface area contributed by atoms with Gasteiger partial charge in [0, 0.05) is 42.9 Å². The van der Waals surface area contributed by atoms with Gasteiger partial charge in [0.05, 0.1) is 23.9 Å². The number of carbonyl (C=O) groups is 1. The Morgan fingerprint density at radius 2 is 1.73 bits per heavy atom. The zero-order valence-corrected chi connectivity index (χ0v) is 22.4. The number of anilines is 1. The Balaban J connectivity index is 1.00. The molecule has 0 radical (unpaired) electrons. The maximum Gasteiger partial charge on any atom is 0.573 e. The van der Waals surface area contributed by atoms with E-state index in [9.17, 15) is 18.0 Å². The van der Waals surface area contributed by atoms with Crippen LogP contribution in [0.15, 0.2) is 66.9 Å². The van der Waals surface area contributed by atoms with Crippen LogP contribution >= 0.6 is 0 Å². The molecule has 0 atom stereocenters. The normalized spacial score (nSPS) is 16.6. The molecule has 4 aromatic rings. The van der Waals surface area contributed by atoms with E-state index in [2.05, 4.69) is 39.0 Å². The Hall–Kier alpha value is -4.01. The molecule has 0 N–H and O–H groups in total. The second kappa shape index (κ2) is 9.87. The minimum atomic E-state index is -4.68. The lowest BCUT2D eigenvalue weighted by Crippen LogP contribution is -2.61. The van der Waals surface area contributed by atoms with Crippen molar-refractivity contribution in [1.82, 2.24) is 9.61 Å². The van der Waals surface area contributed by atoms with Gasteiger partial charge in [-0.05, 0) is 73.6 Å². The number of ketones is 1. The minimum absolute atomic E-state index is 0.0721. The van der Waals surface area contributed by atoms with Crippen LogP contribution in [0.5, 0.6) is 11.5 Å². The predicted octanol–water partition coefficient (Wildman–Crippen LogP) is 6.75. The Bertz CT molecular complexity index is 1530. The molecule has 1 saturated carbocycles. The average Bonchev–Trinajstić information content (AvgIpc) is 3.21. The summed E-state index contributed by atoms with van der Waals surface area (Å²) in [6, 6.07) is 18.4. The molecule has 0 amide bonds. The van der Waals surface area contributed by atoms with Gasteiger partial charge in [-0.3, -0.25) is 4.79 Å². The number of nitrogens with zero attached hydrogens (tertiary/aromatic N) is 3. The predicted molar refractivity (Wildman–Crippen MR) is 145 cm³/mol. The number of methoxy groups -OCH3 is 1. The molecule has 0 bridgehead atoms. The second-order valence-electron chi connectivity index (χ2n) is 11.0. The third kappa shape index (κ3) is 5.12. The topological polar surface area (TPSA) is 56.1 Å². The van der Waals surface area contributed by atoms with Gasteiger partial charge in [-0.25, -0.2) is 4.52 Å². The summed E-state index contributed by atoms with van der Waals surface area (Å²) in [4.78, 5) is 15.3. The van der Waals surface area contributed by atoms with Gasteiger partial charge < -0.3 is 14.4 Å². The van der Waals surface area contributed by atoms with E-state index in [1.54, 1.807) is 30.0 Å². The molecule has 0 unspecified atom stereocenters. The van der Waals surface area contributed by atoms with Crippen molar-refractivity contribution in [2.45, 2.75) is 44.9 Å². The van der Waals surface area contributed by atoms with Gasteiger partial charge in [-0.2, -0.15) is 5.10 Å². The quantitative estimate of drug-likeness (QED) is 0.228. The maximum atomic E-state index is 13.1. The summed E-state index contributed by atoms with van der Waals surface area (Å²) in [5.74, 6) is 1.08. The number of ether oxygens (including phenoxy) is 2. The summed E-state index contributed by atoms with van der Waals surface area (Å²) in [5, 5.41) is 4.47. The number of halogens is 3. The first-order valence-corrected chi connectivity index (χ1v) is 13.4. The SMILES string of the molecule is COc1ccn2nc(C)c(C(=O)CCc3ccc(C4CC5(C4)CN(c4ccc(OC(F)(F)F)cc4)C5)cc3)c2c1. The van der Waals surface area contributed by atoms with Crippen molar-refractivity contribution < 1.29 is 27.4 Å². The molecular formula is C31H30F3N3O3. The van der Waals surface area contributed by atoms with E-state index < -0.39 is 6.36 Å². The number of Topliss-reactive ketones (excluding diaryl/α,β-unsaturated/α-hetero) is 1.